The standard InChI is InChI=1S/C42H37N/c1-28-26-31(24-25-43-28)30-14-9-15-32(27-30)41-37-16-5-7-18-39(37)42(40-19-8-6-17-38(40)41)36-23-11-21-34-33(20-10-22-35(34)36)29-12-3-2-4-13-29/h5-8,10-11,14,16-27,29H,2-4,9,12-13,15H2,1H3. The zero-order valence-electron chi connectivity index (χ0n) is 24.9. The van der Waals surface area contributed by atoms with Crippen molar-refractivity contribution in [2.24, 2.45) is 0 Å². The van der Waals surface area contributed by atoms with E-state index in [1.807, 2.05) is 6.20 Å². The van der Waals surface area contributed by atoms with Crippen molar-refractivity contribution in [1.29, 1.82) is 0 Å². The van der Waals surface area contributed by atoms with Gasteiger partial charge >= 0.3 is 0 Å². The second kappa shape index (κ2) is 11.0. The maximum absolute atomic E-state index is 4.44. The number of nitrogens with zero attached hydrogens (tertiary/aromatic N) is 1. The molecule has 0 N–H and O–H groups in total. The van der Waals surface area contributed by atoms with Crippen LogP contribution in [0.15, 0.2) is 115 Å². The van der Waals surface area contributed by atoms with E-state index in [1.165, 1.54) is 97.8 Å². The molecule has 0 saturated heterocycles. The first-order valence-corrected chi connectivity index (χ1v) is 16.1. The Morgan fingerprint density at radius 3 is 2.00 bits per heavy atom. The van der Waals surface area contributed by atoms with Crippen LogP contribution in [0.5, 0.6) is 0 Å². The molecule has 1 fully saturated rings. The Morgan fingerprint density at radius 2 is 1.28 bits per heavy atom. The van der Waals surface area contributed by atoms with E-state index in [-0.39, 0.29) is 0 Å². The highest BCUT2D eigenvalue weighted by molar-refractivity contribution is 6.21. The van der Waals surface area contributed by atoms with Crippen molar-refractivity contribution in [3.05, 3.63) is 138 Å². The van der Waals surface area contributed by atoms with Crippen LogP contribution >= 0.6 is 0 Å². The van der Waals surface area contributed by atoms with Gasteiger partial charge in [0.2, 0.25) is 0 Å². The minimum absolute atomic E-state index is 0.674. The van der Waals surface area contributed by atoms with Crippen LogP contribution in [0.4, 0.5) is 0 Å². The maximum atomic E-state index is 4.44. The van der Waals surface area contributed by atoms with Crippen molar-refractivity contribution in [3.63, 3.8) is 0 Å². The zero-order valence-corrected chi connectivity index (χ0v) is 24.9. The van der Waals surface area contributed by atoms with E-state index < -0.39 is 0 Å². The Balaban J connectivity index is 1.38. The molecule has 0 atom stereocenters. The molecule has 210 valence electrons. The van der Waals surface area contributed by atoms with Crippen LogP contribution in [0.2, 0.25) is 0 Å². The Kier molecular flexibility index (Phi) is 6.67. The summed E-state index contributed by atoms with van der Waals surface area (Å²) in [5.41, 5.74) is 10.7. The third-order valence-corrected chi connectivity index (χ3v) is 9.86. The quantitative estimate of drug-likeness (QED) is 0.197. The Morgan fingerprint density at radius 1 is 0.628 bits per heavy atom. The molecule has 43 heavy (non-hydrogen) atoms. The molecule has 5 aromatic carbocycles. The van der Waals surface area contributed by atoms with E-state index in [2.05, 4.69) is 121 Å². The maximum Gasteiger partial charge on any atom is 0.0378 e. The van der Waals surface area contributed by atoms with E-state index >= 15 is 0 Å². The summed E-state index contributed by atoms with van der Waals surface area (Å²) in [5, 5.41) is 8.17. The largest absolute Gasteiger partial charge is 0.262 e. The number of hydrogen-bond donors (Lipinski definition) is 0. The van der Waals surface area contributed by atoms with Crippen LogP contribution < -0.4 is 0 Å². The first kappa shape index (κ1) is 26.2. The fourth-order valence-corrected chi connectivity index (χ4v) is 7.91. The average Bonchev–Trinajstić information content (AvgIpc) is 3.07. The molecule has 0 aliphatic heterocycles. The minimum atomic E-state index is 0.674. The normalized spacial score (nSPS) is 16.0. The zero-order chi connectivity index (χ0) is 28.8. The van der Waals surface area contributed by atoms with Crippen molar-refractivity contribution in [2.45, 2.75) is 57.8 Å². The topological polar surface area (TPSA) is 12.9 Å². The van der Waals surface area contributed by atoms with Crippen LogP contribution in [-0.4, -0.2) is 4.98 Å². The molecule has 0 unspecified atom stereocenters. The highest BCUT2D eigenvalue weighted by Crippen LogP contribution is 2.46. The molecular weight excluding hydrogens is 518 g/mol. The molecule has 6 aromatic rings. The number of allylic oxidation sites excluding steroid dienone is 4. The molecule has 0 spiro atoms. The van der Waals surface area contributed by atoms with Crippen molar-refractivity contribution >= 4 is 43.5 Å². The predicted octanol–water partition coefficient (Wildman–Crippen LogP) is 11.8. The number of pyridine rings is 1. The molecule has 1 saturated carbocycles. The molecule has 1 nitrogen and oxygen atoms in total. The summed E-state index contributed by atoms with van der Waals surface area (Å²) in [4.78, 5) is 4.44. The lowest BCUT2D eigenvalue weighted by Gasteiger charge is -2.25. The lowest BCUT2D eigenvalue weighted by molar-refractivity contribution is 0.445. The highest BCUT2D eigenvalue weighted by atomic mass is 14.6. The molecular formula is C42H37N. The number of aromatic nitrogens is 1. The first-order chi connectivity index (χ1) is 21.3. The van der Waals surface area contributed by atoms with Gasteiger partial charge in [0.1, 0.15) is 0 Å². The summed E-state index contributed by atoms with van der Waals surface area (Å²) in [7, 11) is 0. The average molecular weight is 556 g/mol. The fourth-order valence-electron chi connectivity index (χ4n) is 7.91. The summed E-state index contributed by atoms with van der Waals surface area (Å²) in [6, 6.07) is 36.6. The van der Waals surface area contributed by atoms with E-state index in [0.29, 0.717) is 5.92 Å². The van der Waals surface area contributed by atoms with Crippen LogP contribution in [-0.2, 0) is 0 Å². The molecule has 1 heterocycles. The Labute approximate surface area is 254 Å². The van der Waals surface area contributed by atoms with Crippen molar-refractivity contribution in [3.8, 4) is 11.1 Å². The summed E-state index contributed by atoms with van der Waals surface area (Å²) in [6.07, 6.45) is 15.5. The van der Waals surface area contributed by atoms with E-state index in [0.717, 1.165) is 18.5 Å². The fraction of sp³-hybridized carbons (Fsp3) is 0.214. The molecule has 0 bridgehead atoms. The number of aryl methyl sites for hydroxylation is 1. The molecule has 0 radical (unpaired) electrons. The van der Waals surface area contributed by atoms with E-state index in [1.54, 1.807) is 5.56 Å². The first-order valence-electron chi connectivity index (χ1n) is 16.1. The summed E-state index contributed by atoms with van der Waals surface area (Å²) in [5.74, 6) is 0.674. The van der Waals surface area contributed by atoms with Gasteiger partial charge in [0, 0.05) is 11.9 Å². The van der Waals surface area contributed by atoms with Gasteiger partial charge in [-0.15, -0.1) is 0 Å². The molecule has 2 aliphatic carbocycles. The smallest absolute Gasteiger partial charge is 0.0378 e. The summed E-state index contributed by atoms with van der Waals surface area (Å²) in [6.45, 7) is 2.07. The molecule has 0 amide bonds. The van der Waals surface area contributed by atoms with Gasteiger partial charge < -0.3 is 0 Å². The van der Waals surface area contributed by atoms with Crippen LogP contribution in [0.3, 0.4) is 0 Å². The van der Waals surface area contributed by atoms with Gasteiger partial charge in [0.05, 0.1) is 0 Å². The van der Waals surface area contributed by atoms with Gasteiger partial charge in [0.25, 0.3) is 0 Å². The monoisotopic (exact) mass is 555 g/mol. The number of rotatable bonds is 4. The molecule has 1 aromatic heterocycles. The number of benzene rings is 5. The van der Waals surface area contributed by atoms with Gasteiger partial charge in [-0.1, -0.05) is 116 Å². The summed E-state index contributed by atoms with van der Waals surface area (Å²) < 4.78 is 0. The number of hydrogen-bond acceptors (Lipinski definition) is 1. The minimum Gasteiger partial charge on any atom is -0.262 e. The second-order valence-corrected chi connectivity index (χ2v) is 12.5. The van der Waals surface area contributed by atoms with Crippen molar-refractivity contribution in [2.75, 3.05) is 0 Å². The van der Waals surface area contributed by atoms with Gasteiger partial charge in [-0.05, 0) is 122 Å². The van der Waals surface area contributed by atoms with Gasteiger partial charge in [-0.3, -0.25) is 4.98 Å². The van der Waals surface area contributed by atoms with Crippen LogP contribution in [0, 0.1) is 6.92 Å². The third-order valence-electron chi connectivity index (χ3n) is 9.86. The lowest BCUT2D eigenvalue weighted by atomic mass is 9.80. The lowest BCUT2D eigenvalue weighted by Crippen LogP contribution is -2.05. The second-order valence-electron chi connectivity index (χ2n) is 12.5. The van der Waals surface area contributed by atoms with Gasteiger partial charge in [-0.2, -0.15) is 0 Å². The molecule has 1 heteroatoms. The van der Waals surface area contributed by atoms with Gasteiger partial charge in [-0.25, -0.2) is 0 Å². The molecule has 8 rings (SSSR count). The SMILES string of the molecule is Cc1cc(C2=CCCC(c3c4ccccc4c(-c4cccc5c(C6CCCCC6)cccc45)c4ccccc34)=C2)ccn1. The van der Waals surface area contributed by atoms with Crippen molar-refractivity contribution < 1.29 is 0 Å². The number of fused-ring (bicyclic) bond motifs is 3. The summed E-state index contributed by atoms with van der Waals surface area (Å²) >= 11 is 0. The third kappa shape index (κ3) is 4.59. The predicted molar refractivity (Wildman–Crippen MR) is 184 cm³/mol. The van der Waals surface area contributed by atoms with Gasteiger partial charge in [0.15, 0.2) is 0 Å². The van der Waals surface area contributed by atoms with Crippen molar-refractivity contribution in [1.82, 2.24) is 4.98 Å². The Hall–Kier alpha value is -4.49. The van der Waals surface area contributed by atoms with Crippen LogP contribution in [0.25, 0.3) is 54.6 Å². The van der Waals surface area contributed by atoms with Crippen LogP contribution in [0.1, 0.15) is 73.2 Å². The molecule has 2 aliphatic rings. The van der Waals surface area contributed by atoms with E-state index in [9.17, 15) is 0 Å². The Bertz CT molecular complexity index is 2010. The van der Waals surface area contributed by atoms with E-state index in [4.69, 9.17) is 0 Å². The highest BCUT2D eigenvalue weighted by Gasteiger charge is 2.22.